The fourth-order valence-electron chi connectivity index (χ4n) is 3.10. The van der Waals surface area contributed by atoms with Gasteiger partial charge in [-0.1, -0.05) is 19.9 Å². The van der Waals surface area contributed by atoms with Crippen molar-refractivity contribution in [3.05, 3.63) is 54.0 Å². The molecule has 0 aromatic carbocycles. The quantitative estimate of drug-likeness (QED) is 0.791. The van der Waals surface area contributed by atoms with E-state index in [9.17, 15) is 9.59 Å². The Kier molecular flexibility index (Phi) is 5.61. The van der Waals surface area contributed by atoms with Gasteiger partial charge in [-0.2, -0.15) is 0 Å². The number of hydrogen-bond acceptors (Lipinski definition) is 5. The molecule has 1 aliphatic heterocycles. The highest BCUT2D eigenvalue weighted by atomic mass is 16.2. The molecule has 0 atom stereocenters. The number of aromatic nitrogens is 2. The number of carbonyl (C=O) groups is 2. The van der Waals surface area contributed by atoms with Gasteiger partial charge in [0.25, 0.3) is 0 Å². The number of amides is 1. The lowest BCUT2D eigenvalue weighted by Gasteiger charge is -2.24. The predicted molar refractivity (Wildman–Crippen MR) is 100 cm³/mol. The molecule has 1 saturated heterocycles. The number of nitrogens with zero attached hydrogens (tertiary/aromatic N) is 4. The minimum atomic E-state index is -0.133. The van der Waals surface area contributed by atoms with E-state index in [1.807, 2.05) is 30.9 Å². The molecule has 0 saturated carbocycles. The third kappa shape index (κ3) is 4.07. The van der Waals surface area contributed by atoms with Crippen LogP contribution in [0.3, 0.4) is 0 Å². The Balaban J connectivity index is 1.74. The minimum Gasteiger partial charge on any atom is -0.355 e. The summed E-state index contributed by atoms with van der Waals surface area (Å²) in [6, 6.07) is 8.98. The standard InChI is InChI=1S/C20H24N4O2/c1-15(2)20(26)24-11-5-10-23(12-13-24)18-8-3-7-17(22-18)19(25)16-6-4-9-21-14-16/h3-4,6-9,14-15H,5,10-13H2,1-2H3. The SMILES string of the molecule is CC(C)C(=O)N1CCCN(c2cccc(C(=O)c3cccnc3)n2)CC1. The van der Waals surface area contributed by atoms with Crippen molar-refractivity contribution in [3.63, 3.8) is 0 Å². The molecule has 1 amide bonds. The van der Waals surface area contributed by atoms with Crippen molar-refractivity contribution in [2.45, 2.75) is 20.3 Å². The molecule has 2 aromatic heterocycles. The lowest BCUT2D eigenvalue weighted by Crippen LogP contribution is -2.37. The molecule has 3 heterocycles. The Morgan fingerprint density at radius 1 is 1.04 bits per heavy atom. The molecule has 0 bridgehead atoms. The Hall–Kier alpha value is -2.76. The van der Waals surface area contributed by atoms with Crippen molar-refractivity contribution in [3.8, 4) is 0 Å². The van der Waals surface area contributed by atoms with Crippen LogP contribution in [-0.2, 0) is 4.79 Å². The average molecular weight is 352 g/mol. The van der Waals surface area contributed by atoms with E-state index < -0.39 is 0 Å². The van der Waals surface area contributed by atoms with Crippen molar-refractivity contribution in [2.24, 2.45) is 5.92 Å². The molecule has 6 heteroatoms. The van der Waals surface area contributed by atoms with E-state index in [2.05, 4.69) is 14.9 Å². The van der Waals surface area contributed by atoms with Crippen LogP contribution in [0, 0.1) is 5.92 Å². The fraction of sp³-hybridized carbons (Fsp3) is 0.400. The van der Waals surface area contributed by atoms with Gasteiger partial charge in [-0.05, 0) is 30.7 Å². The van der Waals surface area contributed by atoms with Crippen LogP contribution in [0.4, 0.5) is 5.82 Å². The molecule has 6 nitrogen and oxygen atoms in total. The van der Waals surface area contributed by atoms with Gasteiger partial charge in [0.15, 0.2) is 0 Å². The molecule has 0 unspecified atom stereocenters. The molecule has 26 heavy (non-hydrogen) atoms. The second-order valence-corrected chi connectivity index (χ2v) is 6.77. The topological polar surface area (TPSA) is 66.4 Å². The lowest BCUT2D eigenvalue weighted by atomic mass is 10.1. The molecule has 0 aliphatic carbocycles. The largest absolute Gasteiger partial charge is 0.355 e. The summed E-state index contributed by atoms with van der Waals surface area (Å²) in [4.78, 5) is 37.5. The molecule has 1 aliphatic rings. The minimum absolute atomic E-state index is 0.0140. The first-order chi connectivity index (χ1) is 12.6. The number of carbonyl (C=O) groups excluding carboxylic acids is 2. The number of anilines is 1. The molecule has 136 valence electrons. The van der Waals surface area contributed by atoms with Crippen LogP contribution in [0.5, 0.6) is 0 Å². The second-order valence-electron chi connectivity index (χ2n) is 6.77. The van der Waals surface area contributed by atoms with Crippen LogP contribution >= 0.6 is 0 Å². The van der Waals surface area contributed by atoms with E-state index in [0.29, 0.717) is 17.8 Å². The van der Waals surface area contributed by atoms with Gasteiger partial charge in [0, 0.05) is 50.1 Å². The zero-order valence-corrected chi connectivity index (χ0v) is 15.3. The molecular weight excluding hydrogens is 328 g/mol. The van der Waals surface area contributed by atoms with Crippen molar-refractivity contribution in [1.29, 1.82) is 0 Å². The van der Waals surface area contributed by atoms with Crippen LogP contribution in [0.15, 0.2) is 42.7 Å². The maximum atomic E-state index is 12.6. The Bertz CT molecular complexity index is 776. The molecular formula is C20H24N4O2. The van der Waals surface area contributed by atoms with E-state index in [-0.39, 0.29) is 17.6 Å². The van der Waals surface area contributed by atoms with E-state index in [0.717, 1.165) is 31.9 Å². The maximum Gasteiger partial charge on any atom is 0.225 e. The Morgan fingerprint density at radius 3 is 2.62 bits per heavy atom. The van der Waals surface area contributed by atoms with Crippen LogP contribution < -0.4 is 4.90 Å². The molecule has 2 aromatic rings. The highest BCUT2D eigenvalue weighted by molar-refractivity contribution is 6.07. The first-order valence-electron chi connectivity index (χ1n) is 9.02. The van der Waals surface area contributed by atoms with Gasteiger partial charge in [-0.25, -0.2) is 4.98 Å². The van der Waals surface area contributed by atoms with Crippen molar-refractivity contribution in [2.75, 3.05) is 31.1 Å². The zero-order valence-electron chi connectivity index (χ0n) is 15.3. The van der Waals surface area contributed by atoms with Crippen molar-refractivity contribution < 1.29 is 9.59 Å². The summed E-state index contributed by atoms with van der Waals surface area (Å²) in [5.74, 6) is 0.852. The third-order valence-electron chi connectivity index (χ3n) is 4.52. The molecule has 1 fully saturated rings. The normalized spacial score (nSPS) is 15.0. The number of hydrogen-bond donors (Lipinski definition) is 0. The van der Waals surface area contributed by atoms with E-state index in [1.165, 1.54) is 0 Å². The van der Waals surface area contributed by atoms with Crippen LogP contribution in [0.2, 0.25) is 0 Å². The van der Waals surface area contributed by atoms with E-state index in [1.54, 1.807) is 30.6 Å². The predicted octanol–water partition coefficient (Wildman–Crippen LogP) is 2.40. The molecule has 3 rings (SSSR count). The molecule has 0 radical (unpaired) electrons. The highest BCUT2D eigenvalue weighted by Gasteiger charge is 2.22. The van der Waals surface area contributed by atoms with Gasteiger partial charge in [-0.3, -0.25) is 14.6 Å². The first kappa shape index (κ1) is 18.0. The second kappa shape index (κ2) is 8.08. The highest BCUT2D eigenvalue weighted by Crippen LogP contribution is 2.17. The molecule has 0 N–H and O–H groups in total. The van der Waals surface area contributed by atoms with Gasteiger partial charge in [-0.15, -0.1) is 0 Å². The first-order valence-corrected chi connectivity index (χ1v) is 9.02. The Morgan fingerprint density at radius 2 is 1.88 bits per heavy atom. The summed E-state index contributed by atoms with van der Waals surface area (Å²) in [5, 5.41) is 0. The average Bonchev–Trinajstić information content (AvgIpc) is 2.93. The smallest absolute Gasteiger partial charge is 0.225 e. The summed E-state index contributed by atoms with van der Waals surface area (Å²) in [5.41, 5.74) is 0.941. The van der Waals surface area contributed by atoms with Gasteiger partial charge >= 0.3 is 0 Å². The molecule has 0 spiro atoms. The van der Waals surface area contributed by atoms with E-state index in [4.69, 9.17) is 0 Å². The maximum absolute atomic E-state index is 12.6. The summed E-state index contributed by atoms with van der Waals surface area (Å²) in [7, 11) is 0. The zero-order chi connectivity index (χ0) is 18.5. The number of ketones is 1. The summed E-state index contributed by atoms with van der Waals surface area (Å²) >= 11 is 0. The van der Waals surface area contributed by atoms with Crippen LogP contribution in [0.25, 0.3) is 0 Å². The monoisotopic (exact) mass is 352 g/mol. The van der Waals surface area contributed by atoms with Crippen molar-refractivity contribution >= 4 is 17.5 Å². The summed E-state index contributed by atoms with van der Waals surface area (Å²) in [6.45, 7) is 6.84. The fourth-order valence-corrected chi connectivity index (χ4v) is 3.10. The van der Waals surface area contributed by atoms with Gasteiger partial charge in [0.1, 0.15) is 11.5 Å². The van der Waals surface area contributed by atoms with Crippen LogP contribution in [0.1, 0.15) is 36.3 Å². The van der Waals surface area contributed by atoms with Gasteiger partial charge in [0.2, 0.25) is 11.7 Å². The van der Waals surface area contributed by atoms with Gasteiger partial charge < -0.3 is 9.80 Å². The number of pyridine rings is 2. The van der Waals surface area contributed by atoms with Crippen LogP contribution in [-0.4, -0.2) is 52.7 Å². The lowest BCUT2D eigenvalue weighted by molar-refractivity contribution is -0.134. The summed E-state index contributed by atoms with van der Waals surface area (Å²) in [6.07, 6.45) is 4.08. The Labute approximate surface area is 153 Å². The summed E-state index contributed by atoms with van der Waals surface area (Å²) < 4.78 is 0. The number of rotatable bonds is 4. The van der Waals surface area contributed by atoms with E-state index >= 15 is 0 Å². The van der Waals surface area contributed by atoms with Gasteiger partial charge in [0.05, 0.1) is 0 Å². The van der Waals surface area contributed by atoms with Crippen molar-refractivity contribution in [1.82, 2.24) is 14.9 Å². The third-order valence-corrected chi connectivity index (χ3v) is 4.52.